The largest absolute Gasteiger partial charge is 0.134 e. The van der Waals surface area contributed by atoms with Gasteiger partial charge in [0, 0.05) is 19.5 Å². The first-order valence-corrected chi connectivity index (χ1v) is 14.9. The van der Waals surface area contributed by atoms with Gasteiger partial charge >= 0.3 is 0 Å². The van der Waals surface area contributed by atoms with Crippen LogP contribution in [0.2, 0.25) is 19.6 Å². The van der Waals surface area contributed by atoms with Crippen LogP contribution in [0.25, 0.3) is 19.5 Å². The van der Waals surface area contributed by atoms with Crippen molar-refractivity contribution in [1.82, 2.24) is 0 Å². The highest BCUT2D eigenvalue weighted by Gasteiger charge is 2.10. The lowest BCUT2D eigenvalue weighted by atomic mass is 10.3. The van der Waals surface area contributed by atoms with Gasteiger partial charge in [0.05, 0.1) is 15.3 Å². The van der Waals surface area contributed by atoms with E-state index in [9.17, 15) is 0 Å². The predicted molar refractivity (Wildman–Crippen MR) is 129 cm³/mol. The van der Waals surface area contributed by atoms with Gasteiger partial charge < -0.3 is 0 Å². The maximum Gasteiger partial charge on any atom is 0.129 e. The molecule has 0 aliphatic heterocycles. The number of hydrogen-bond acceptors (Lipinski definition) is 3. The summed E-state index contributed by atoms with van der Waals surface area (Å²) in [5, 5.41) is 0. The Kier molecular flexibility index (Phi) is 5.42. The van der Waals surface area contributed by atoms with Crippen LogP contribution in [0.15, 0.2) is 65.9 Å². The standard InChI is InChI=1S/C24H18S3Si/c1-28(2,3)17-16-20-11-13-22(26-20)24-15-14-23(27-24)21-12-10-19(25-21)9-8-18-6-4-5-7-18/h4-6,10-15H,1-3H3. The van der Waals surface area contributed by atoms with Crippen molar-refractivity contribution in [3.8, 4) is 42.8 Å². The fourth-order valence-corrected chi connectivity index (χ4v) is 5.97. The van der Waals surface area contributed by atoms with E-state index >= 15 is 0 Å². The third kappa shape index (κ3) is 4.75. The lowest BCUT2D eigenvalue weighted by Crippen LogP contribution is -2.16. The molecule has 1 aliphatic rings. The van der Waals surface area contributed by atoms with Crippen LogP contribution in [0, 0.1) is 23.3 Å². The van der Waals surface area contributed by atoms with Crippen LogP contribution >= 0.6 is 34.0 Å². The quantitative estimate of drug-likeness (QED) is 0.225. The molecule has 3 aromatic heterocycles. The molecule has 0 atom stereocenters. The van der Waals surface area contributed by atoms with E-state index in [0.29, 0.717) is 0 Å². The zero-order valence-electron chi connectivity index (χ0n) is 15.9. The van der Waals surface area contributed by atoms with Gasteiger partial charge in [0.2, 0.25) is 0 Å². The lowest BCUT2D eigenvalue weighted by molar-refractivity contribution is 1.81. The highest BCUT2D eigenvalue weighted by molar-refractivity contribution is 7.26. The van der Waals surface area contributed by atoms with Crippen molar-refractivity contribution in [1.29, 1.82) is 0 Å². The van der Waals surface area contributed by atoms with Crippen molar-refractivity contribution in [2.24, 2.45) is 0 Å². The van der Waals surface area contributed by atoms with E-state index in [0.717, 1.165) is 15.3 Å². The molecule has 4 rings (SSSR count). The minimum atomic E-state index is -1.34. The van der Waals surface area contributed by atoms with Gasteiger partial charge in [-0.2, -0.15) is 0 Å². The Hall–Kier alpha value is -2.30. The summed E-state index contributed by atoms with van der Waals surface area (Å²) < 4.78 is 0. The van der Waals surface area contributed by atoms with Crippen molar-refractivity contribution in [2.45, 2.75) is 19.6 Å². The van der Waals surface area contributed by atoms with Crippen molar-refractivity contribution in [3.63, 3.8) is 0 Å². The number of rotatable bonds is 2. The van der Waals surface area contributed by atoms with Gasteiger partial charge in [0.15, 0.2) is 0 Å². The molecule has 0 saturated carbocycles. The SMILES string of the molecule is C[Si](C)(C)C#Cc1ccc(-c2ccc(-c3ccc(C#CC4=C=CC=C4)s3)s2)s1. The molecule has 0 fully saturated rings. The Balaban J connectivity index is 1.52. The molecule has 0 unspecified atom stereocenters. The molecule has 3 heterocycles. The molecule has 1 aliphatic carbocycles. The molecule has 0 bridgehead atoms. The molecule has 0 amide bonds. The predicted octanol–water partition coefficient (Wildman–Crippen LogP) is 7.44. The number of allylic oxidation sites excluding steroid dienone is 3. The fourth-order valence-electron chi connectivity index (χ4n) is 2.46. The second kappa shape index (κ2) is 7.98. The van der Waals surface area contributed by atoms with Gasteiger partial charge in [-0.25, -0.2) is 0 Å². The van der Waals surface area contributed by atoms with Crippen LogP contribution in [-0.2, 0) is 0 Å². The van der Waals surface area contributed by atoms with Gasteiger partial charge in [-0.15, -0.1) is 45.3 Å². The maximum absolute atomic E-state index is 3.45. The molecule has 3 aromatic rings. The van der Waals surface area contributed by atoms with Crippen molar-refractivity contribution in [2.75, 3.05) is 0 Å². The zero-order valence-corrected chi connectivity index (χ0v) is 19.4. The Bertz CT molecular complexity index is 1240. The topological polar surface area (TPSA) is 0 Å². The molecule has 0 nitrogen and oxygen atoms in total. The smallest absolute Gasteiger partial charge is 0.129 e. The van der Waals surface area contributed by atoms with E-state index in [-0.39, 0.29) is 0 Å². The highest BCUT2D eigenvalue weighted by atomic mass is 32.1. The highest BCUT2D eigenvalue weighted by Crippen LogP contribution is 2.39. The summed E-state index contributed by atoms with van der Waals surface area (Å²) in [5.41, 5.74) is 7.50. The van der Waals surface area contributed by atoms with Crippen molar-refractivity contribution in [3.05, 3.63) is 75.7 Å². The summed E-state index contributed by atoms with van der Waals surface area (Å²) in [6, 6.07) is 13.0. The average molecular weight is 431 g/mol. The molecule has 0 radical (unpaired) electrons. The van der Waals surface area contributed by atoms with E-state index in [2.05, 4.69) is 85.1 Å². The first kappa shape index (κ1) is 19.0. The van der Waals surface area contributed by atoms with Crippen molar-refractivity contribution < 1.29 is 0 Å². The zero-order chi connectivity index (χ0) is 19.6. The van der Waals surface area contributed by atoms with Crippen LogP contribution < -0.4 is 0 Å². The van der Waals surface area contributed by atoms with Crippen LogP contribution in [0.4, 0.5) is 0 Å². The molecule has 136 valence electrons. The van der Waals surface area contributed by atoms with E-state index in [1.165, 1.54) is 19.5 Å². The Morgan fingerprint density at radius 3 is 1.86 bits per heavy atom. The minimum absolute atomic E-state index is 0.944. The first-order valence-electron chi connectivity index (χ1n) is 8.95. The number of hydrogen-bond donors (Lipinski definition) is 0. The van der Waals surface area contributed by atoms with Crippen LogP contribution in [0.3, 0.4) is 0 Å². The summed E-state index contributed by atoms with van der Waals surface area (Å²) in [6.07, 6.45) is 5.84. The van der Waals surface area contributed by atoms with Crippen molar-refractivity contribution >= 4 is 42.1 Å². The third-order valence-electron chi connectivity index (χ3n) is 3.78. The van der Waals surface area contributed by atoms with E-state index in [1.807, 2.05) is 29.6 Å². The summed E-state index contributed by atoms with van der Waals surface area (Å²) in [6.45, 7) is 6.83. The van der Waals surface area contributed by atoms with Crippen LogP contribution in [0.1, 0.15) is 9.75 Å². The second-order valence-corrected chi connectivity index (χ2v) is 15.3. The number of thiophene rings is 3. The molecule has 28 heavy (non-hydrogen) atoms. The van der Waals surface area contributed by atoms with Crippen LogP contribution in [-0.4, -0.2) is 8.07 Å². The van der Waals surface area contributed by atoms with E-state index < -0.39 is 8.07 Å². The molecular formula is C24H18S3Si. The molecular weight excluding hydrogens is 413 g/mol. The average Bonchev–Trinajstić information content (AvgIpc) is 3.45. The molecule has 0 N–H and O–H groups in total. The normalized spacial score (nSPS) is 12.3. The monoisotopic (exact) mass is 430 g/mol. The molecule has 0 saturated heterocycles. The van der Waals surface area contributed by atoms with Crippen LogP contribution in [0.5, 0.6) is 0 Å². The second-order valence-electron chi connectivity index (χ2n) is 7.33. The molecule has 0 spiro atoms. The minimum Gasteiger partial charge on any atom is -0.134 e. The molecule has 0 aromatic carbocycles. The summed E-state index contributed by atoms with van der Waals surface area (Å²) in [4.78, 5) is 7.39. The van der Waals surface area contributed by atoms with Gasteiger partial charge in [-0.3, -0.25) is 0 Å². The maximum atomic E-state index is 3.45. The Labute approximate surface area is 179 Å². The van der Waals surface area contributed by atoms with E-state index in [4.69, 9.17) is 0 Å². The van der Waals surface area contributed by atoms with Gasteiger partial charge in [-0.1, -0.05) is 43.5 Å². The van der Waals surface area contributed by atoms with Gasteiger partial charge in [-0.05, 0) is 48.6 Å². The Morgan fingerprint density at radius 1 is 0.714 bits per heavy atom. The first-order chi connectivity index (χ1) is 13.5. The summed E-state index contributed by atoms with van der Waals surface area (Å²) >= 11 is 5.36. The summed E-state index contributed by atoms with van der Waals surface area (Å²) in [7, 11) is -1.34. The van der Waals surface area contributed by atoms with Gasteiger partial charge in [0.1, 0.15) is 8.07 Å². The lowest BCUT2D eigenvalue weighted by Gasteiger charge is -2.02. The summed E-state index contributed by atoms with van der Waals surface area (Å²) in [5.74, 6) is 9.76. The third-order valence-corrected chi connectivity index (χ3v) is 8.14. The fraction of sp³-hybridized carbons (Fsp3) is 0.125. The van der Waals surface area contributed by atoms with E-state index in [1.54, 1.807) is 22.7 Å². The van der Waals surface area contributed by atoms with Gasteiger partial charge in [0.25, 0.3) is 0 Å². The Morgan fingerprint density at radius 2 is 1.29 bits per heavy atom. The molecule has 4 heteroatoms.